The zero-order valence-corrected chi connectivity index (χ0v) is 9.91. The van der Waals surface area contributed by atoms with Crippen LogP contribution in [0.15, 0.2) is 0 Å². The fourth-order valence-electron chi connectivity index (χ4n) is 1.62. The van der Waals surface area contributed by atoms with Crippen LogP contribution >= 0.6 is 0 Å². The lowest BCUT2D eigenvalue weighted by Crippen LogP contribution is -2.53. The van der Waals surface area contributed by atoms with Crippen LogP contribution in [0.25, 0.3) is 0 Å². The Hall–Kier alpha value is -0.160. The number of alkyl halides is 1. The first-order chi connectivity index (χ1) is 6.02. The molecule has 0 aromatic heterocycles. The maximum atomic E-state index is 13.1. The highest BCUT2D eigenvalue weighted by Crippen LogP contribution is 2.39. The van der Waals surface area contributed by atoms with Crippen LogP contribution in [0.4, 0.5) is 4.39 Å². The van der Waals surface area contributed by atoms with Gasteiger partial charge in [-0.25, -0.2) is 17.5 Å². The largest absolute Gasteiger partial charge is 0.244 e. The van der Waals surface area contributed by atoms with Gasteiger partial charge in [-0.3, -0.25) is 0 Å². The van der Waals surface area contributed by atoms with Crippen molar-refractivity contribution >= 4 is 10.0 Å². The first kappa shape index (κ1) is 11.9. The minimum atomic E-state index is -3.34. The molecule has 5 heteroatoms. The van der Waals surface area contributed by atoms with Crippen LogP contribution in [0, 0.1) is 0 Å². The second-order valence-electron chi connectivity index (χ2n) is 5.34. The van der Waals surface area contributed by atoms with Gasteiger partial charge in [0.25, 0.3) is 0 Å². The molecule has 0 aromatic rings. The molecule has 0 bridgehead atoms. The van der Waals surface area contributed by atoms with Crippen LogP contribution in [0.1, 0.15) is 40.5 Å². The van der Waals surface area contributed by atoms with Crippen molar-refractivity contribution in [3.8, 4) is 0 Å². The smallest absolute Gasteiger partial charge is 0.215 e. The number of rotatable bonds is 2. The standard InChI is InChI=1S/C9H18FNO2S/c1-8(2,3)11-14(12,13)7-5-9(4,10)6-7/h7,11H,5-6H2,1-4H3. The highest BCUT2D eigenvalue weighted by Gasteiger charge is 2.48. The SMILES string of the molecule is CC1(F)CC(S(=O)(=O)NC(C)(C)C)C1. The highest BCUT2D eigenvalue weighted by atomic mass is 32.2. The van der Waals surface area contributed by atoms with E-state index in [4.69, 9.17) is 0 Å². The Morgan fingerprint density at radius 2 is 1.79 bits per heavy atom. The van der Waals surface area contributed by atoms with Gasteiger partial charge in [0.2, 0.25) is 10.0 Å². The Bertz CT molecular complexity index is 308. The lowest BCUT2D eigenvalue weighted by atomic mass is 9.83. The zero-order chi connectivity index (χ0) is 11.2. The Labute approximate surface area is 85.1 Å². The van der Waals surface area contributed by atoms with Gasteiger partial charge in [0.1, 0.15) is 5.67 Å². The van der Waals surface area contributed by atoms with Crippen LogP contribution in [-0.2, 0) is 10.0 Å². The third kappa shape index (κ3) is 2.92. The lowest BCUT2D eigenvalue weighted by Gasteiger charge is -2.39. The number of nitrogens with one attached hydrogen (secondary N) is 1. The lowest BCUT2D eigenvalue weighted by molar-refractivity contribution is 0.0883. The number of hydrogen-bond donors (Lipinski definition) is 1. The number of halogens is 1. The molecule has 0 radical (unpaired) electrons. The van der Waals surface area contributed by atoms with Crippen molar-refractivity contribution in [2.75, 3.05) is 0 Å². The fourth-order valence-corrected chi connectivity index (χ4v) is 3.77. The summed E-state index contributed by atoms with van der Waals surface area (Å²) in [4.78, 5) is 0. The molecule has 14 heavy (non-hydrogen) atoms. The molecule has 3 nitrogen and oxygen atoms in total. The van der Waals surface area contributed by atoms with E-state index in [1.807, 2.05) is 0 Å². The molecule has 1 rings (SSSR count). The molecule has 0 aromatic carbocycles. The van der Waals surface area contributed by atoms with Crippen molar-refractivity contribution in [2.45, 2.75) is 57.0 Å². The van der Waals surface area contributed by atoms with Crippen molar-refractivity contribution in [3.05, 3.63) is 0 Å². The monoisotopic (exact) mass is 223 g/mol. The average molecular weight is 223 g/mol. The maximum absolute atomic E-state index is 13.1. The molecule has 0 heterocycles. The topological polar surface area (TPSA) is 46.2 Å². The van der Waals surface area contributed by atoms with E-state index in [2.05, 4.69) is 4.72 Å². The molecular weight excluding hydrogens is 205 g/mol. The predicted octanol–water partition coefficient (Wildman–Crippen LogP) is 1.59. The molecule has 0 aliphatic heterocycles. The highest BCUT2D eigenvalue weighted by molar-refractivity contribution is 7.90. The van der Waals surface area contributed by atoms with E-state index in [1.54, 1.807) is 20.8 Å². The van der Waals surface area contributed by atoms with E-state index < -0.39 is 26.5 Å². The van der Waals surface area contributed by atoms with Crippen molar-refractivity contribution in [1.82, 2.24) is 4.72 Å². The van der Waals surface area contributed by atoms with Crippen molar-refractivity contribution in [1.29, 1.82) is 0 Å². The van der Waals surface area contributed by atoms with Crippen LogP contribution in [0.2, 0.25) is 0 Å². The van der Waals surface area contributed by atoms with Gasteiger partial charge >= 0.3 is 0 Å². The van der Waals surface area contributed by atoms with Crippen molar-refractivity contribution < 1.29 is 12.8 Å². The quantitative estimate of drug-likeness (QED) is 0.772. The molecule has 0 spiro atoms. The van der Waals surface area contributed by atoms with Gasteiger partial charge in [0, 0.05) is 5.54 Å². The van der Waals surface area contributed by atoms with E-state index in [1.165, 1.54) is 6.92 Å². The third-order valence-electron chi connectivity index (χ3n) is 2.19. The summed E-state index contributed by atoms with van der Waals surface area (Å²) >= 11 is 0. The maximum Gasteiger partial charge on any atom is 0.215 e. The van der Waals surface area contributed by atoms with Crippen LogP contribution < -0.4 is 4.72 Å². The number of sulfonamides is 1. The molecule has 84 valence electrons. The van der Waals surface area contributed by atoms with Gasteiger partial charge in [0.05, 0.1) is 5.25 Å². The molecule has 1 aliphatic rings. The van der Waals surface area contributed by atoms with Crippen molar-refractivity contribution in [2.24, 2.45) is 0 Å². The summed E-state index contributed by atoms with van der Waals surface area (Å²) in [5.74, 6) is 0. The molecule has 1 aliphatic carbocycles. The van der Waals surface area contributed by atoms with E-state index in [0.717, 1.165) is 0 Å². The van der Waals surface area contributed by atoms with Gasteiger partial charge in [-0.2, -0.15) is 0 Å². The second-order valence-corrected chi connectivity index (χ2v) is 7.30. The molecule has 0 atom stereocenters. The molecule has 0 unspecified atom stereocenters. The van der Waals surface area contributed by atoms with Crippen LogP contribution in [-0.4, -0.2) is 24.9 Å². The van der Waals surface area contributed by atoms with E-state index in [-0.39, 0.29) is 12.8 Å². The van der Waals surface area contributed by atoms with Gasteiger partial charge in [-0.05, 0) is 40.5 Å². The normalized spacial score (nSPS) is 33.9. The minimum absolute atomic E-state index is 0.110. The summed E-state index contributed by atoms with van der Waals surface area (Å²) < 4.78 is 38.9. The fraction of sp³-hybridized carbons (Fsp3) is 1.00. The zero-order valence-electron chi connectivity index (χ0n) is 9.09. The first-order valence-electron chi connectivity index (χ1n) is 4.74. The molecule has 0 amide bonds. The predicted molar refractivity (Wildman–Crippen MR) is 54.3 cm³/mol. The van der Waals surface area contributed by atoms with Crippen LogP contribution in [0.3, 0.4) is 0 Å². The van der Waals surface area contributed by atoms with E-state index in [0.29, 0.717) is 0 Å². The Morgan fingerprint density at radius 3 is 2.07 bits per heavy atom. The van der Waals surface area contributed by atoms with E-state index in [9.17, 15) is 12.8 Å². The minimum Gasteiger partial charge on any atom is -0.244 e. The summed E-state index contributed by atoms with van der Waals surface area (Å²) in [5, 5.41) is -0.559. The summed E-state index contributed by atoms with van der Waals surface area (Å²) in [6.07, 6.45) is 0.219. The molecule has 1 saturated carbocycles. The molecule has 0 saturated heterocycles. The summed E-state index contributed by atoms with van der Waals surface area (Å²) in [5.41, 5.74) is -1.78. The summed E-state index contributed by atoms with van der Waals surface area (Å²) in [6.45, 7) is 6.77. The van der Waals surface area contributed by atoms with Gasteiger partial charge in [0.15, 0.2) is 0 Å². The first-order valence-corrected chi connectivity index (χ1v) is 6.28. The second kappa shape index (κ2) is 3.17. The Morgan fingerprint density at radius 1 is 1.36 bits per heavy atom. The molecule has 1 fully saturated rings. The molecule has 1 N–H and O–H groups in total. The summed E-state index contributed by atoms with van der Waals surface area (Å²) in [7, 11) is -3.34. The van der Waals surface area contributed by atoms with E-state index >= 15 is 0 Å². The van der Waals surface area contributed by atoms with Gasteiger partial charge < -0.3 is 0 Å². The summed E-state index contributed by atoms with van der Waals surface area (Å²) in [6, 6.07) is 0. The number of hydrogen-bond acceptors (Lipinski definition) is 2. The van der Waals surface area contributed by atoms with Gasteiger partial charge in [-0.1, -0.05) is 0 Å². The van der Waals surface area contributed by atoms with Crippen LogP contribution in [0.5, 0.6) is 0 Å². The van der Waals surface area contributed by atoms with Crippen molar-refractivity contribution in [3.63, 3.8) is 0 Å². The Balaban J connectivity index is 2.62. The average Bonchev–Trinajstić information content (AvgIpc) is 1.76. The van der Waals surface area contributed by atoms with Gasteiger partial charge in [-0.15, -0.1) is 0 Å². The Kier molecular flexibility index (Phi) is 2.69. The third-order valence-corrected chi connectivity index (χ3v) is 4.30. The molecular formula is C9H18FNO2S.